The van der Waals surface area contributed by atoms with E-state index in [1.807, 2.05) is 48.5 Å². The Balaban J connectivity index is 1.60. The first kappa shape index (κ1) is 17.4. The van der Waals surface area contributed by atoms with Crippen LogP contribution in [-0.2, 0) is 11.8 Å². The van der Waals surface area contributed by atoms with E-state index in [-0.39, 0.29) is 11.3 Å². The lowest BCUT2D eigenvalue weighted by Crippen LogP contribution is -2.09. The van der Waals surface area contributed by atoms with E-state index in [2.05, 4.69) is 9.97 Å². The smallest absolute Gasteiger partial charge is 0.340 e. The number of para-hydroxylation sites is 3. The van der Waals surface area contributed by atoms with Gasteiger partial charge in [0.15, 0.2) is 11.6 Å². The molecular weight excluding hydrogens is 356 g/mol. The Morgan fingerprint density at radius 2 is 2.00 bits per heavy atom. The molecule has 2 N–H and O–H groups in total. The lowest BCUT2D eigenvalue weighted by Gasteiger charge is -2.06. The van der Waals surface area contributed by atoms with Gasteiger partial charge in [0.25, 0.3) is 0 Å². The fourth-order valence-corrected chi connectivity index (χ4v) is 3.14. The number of allylic oxidation sites excluding steroid dienone is 1. The Hall–Kier alpha value is -4.05. The number of aliphatic hydroxyl groups excluding tert-OH is 1. The van der Waals surface area contributed by atoms with Crippen molar-refractivity contribution in [3.8, 4) is 6.07 Å². The summed E-state index contributed by atoms with van der Waals surface area (Å²) in [6.07, 6.45) is 1.56. The molecule has 0 fully saturated rings. The number of aryl methyl sites for hydroxylation is 1. The van der Waals surface area contributed by atoms with Crippen LogP contribution >= 0.6 is 0 Å². The van der Waals surface area contributed by atoms with Gasteiger partial charge in [0, 0.05) is 24.1 Å². The van der Waals surface area contributed by atoms with Gasteiger partial charge in [-0.2, -0.15) is 5.26 Å². The zero-order valence-corrected chi connectivity index (χ0v) is 15.0. The molecule has 7 nitrogen and oxygen atoms in total. The second-order valence-corrected chi connectivity index (χ2v) is 6.24. The standard InChI is InChI=1S/C21H16N4O3/c1-25-18-9-5-4-8-17(18)24-20(25)14(10-22)19(26)12-28-21(27)15-11-23-16-7-3-2-6-13(15)16/h2-9,11,23,26H,12H2,1H3/b19-14-. The third-order valence-electron chi connectivity index (χ3n) is 4.56. The molecule has 4 rings (SSSR count). The molecule has 0 unspecified atom stereocenters. The lowest BCUT2D eigenvalue weighted by atomic mass is 10.2. The SMILES string of the molecule is Cn1c(/C(C#N)=C(\O)COC(=O)c2c[nH]c3ccccc23)nc2ccccc21. The Morgan fingerprint density at radius 1 is 1.25 bits per heavy atom. The van der Waals surface area contributed by atoms with E-state index in [1.165, 1.54) is 0 Å². The molecule has 4 aromatic rings. The van der Waals surface area contributed by atoms with Crippen molar-refractivity contribution in [2.45, 2.75) is 0 Å². The molecule has 2 aromatic heterocycles. The zero-order chi connectivity index (χ0) is 19.7. The van der Waals surface area contributed by atoms with Crippen LogP contribution in [0.4, 0.5) is 0 Å². The van der Waals surface area contributed by atoms with Crippen LogP contribution in [0.5, 0.6) is 0 Å². The van der Waals surface area contributed by atoms with Gasteiger partial charge in [0.1, 0.15) is 18.2 Å². The largest absolute Gasteiger partial charge is 0.507 e. The number of carbonyl (C=O) groups is 1. The number of benzene rings is 2. The summed E-state index contributed by atoms with van der Waals surface area (Å²) in [6, 6.07) is 16.7. The average Bonchev–Trinajstić information content (AvgIpc) is 3.29. The van der Waals surface area contributed by atoms with Gasteiger partial charge in [-0.25, -0.2) is 9.78 Å². The van der Waals surface area contributed by atoms with E-state index in [1.54, 1.807) is 23.9 Å². The van der Waals surface area contributed by atoms with Gasteiger partial charge in [0.05, 0.1) is 16.6 Å². The van der Waals surface area contributed by atoms with Gasteiger partial charge >= 0.3 is 5.97 Å². The van der Waals surface area contributed by atoms with Crippen LogP contribution in [0.15, 0.2) is 60.5 Å². The number of H-pyrrole nitrogens is 1. The summed E-state index contributed by atoms with van der Waals surface area (Å²) in [5, 5.41) is 20.6. The van der Waals surface area contributed by atoms with Crippen LogP contribution < -0.4 is 0 Å². The number of fused-ring (bicyclic) bond motifs is 2. The molecule has 0 radical (unpaired) electrons. The van der Waals surface area contributed by atoms with E-state index in [4.69, 9.17) is 4.74 Å². The number of hydrogen-bond acceptors (Lipinski definition) is 5. The maximum Gasteiger partial charge on any atom is 0.340 e. The molecule has 138 valence electrons. The summed E-state index contributed by atoms with van der Waals surface area (Å²) < 4.78 is 6.93. The number of nitriles is 1. The van der Waals surface area contributed by atoms with E-state index >= 15 is 0 Å². The first-order valence-electron chi connectivity index (χ1n) is 8.57. The molecule has 0 amide bonds. The summed E-state index contributed by atoms with van der Waals surface area (Å²) in [4.78, 5) is 19.8. The zero-order valence-electron chi connectivity index (χ0n) is 15.0. The predicted octanol–water partition coefficient (Wildman–Crippen LogP) is 3.70. The van der Waals surface area contributed by atoms with Crippen molar-refractivity contribution in [1.29, 1.82) is 5.26 Å². The van der Waals surface area contributed by atoms with Gasteiger partial charge in [-0.15, -0.1) is 0 Å². The van der Waals surface area contributed by atoms with Crippen molar-refractivity contribution in [1.82, 2.24) is 14.5 Å². The topological polar surface area (TPSA) is 104 Å². The van der Waals surface area contributed by atoms with Crippen LogP contribution in [0, 0.1) is 11.3 Å². The number of nitrogens with one attached hydrogen (secondary N) is 1. The highest BCUT2D eigenvalue weighted by molar-refractivity contribution is 6.04. The van der Waals surface area contributed by atoms with Gasteiger partial charge < -0.3 is 19.4 Å². The Morgan fingerprint density at radius 3 is 2.79 bits per heavy atom. The number of nitrogens with zero attached hydrogens (tertiary/aromatic N) is 3. The molecule has 0 saturated heterocycles. The molecular formula is C21H16N4O3. The van der Waals surface area contributed by atoms with Crippen LogP contribution in [0.2, 0.25) is 0 Å². The van der Waals surface area contributed by atoms with Crippen molar-refractivity contribution in [3.05, 3.63) is 71.9 Å². The molecule has 0 bridgehead atoms. The molecule has 2 aromatic carbocycles. The minimum atomic E-state index is -0.591. The fourth-order valence-electron chi connectivity index (χ4n) is 3.14. The summed E-state index contributed by atoms with van der Waals surface area (Å²) in [6.45, 7) is -0.426. The first-order chi connectivity index (χ1) is 13.6. The third kappa shape index (κ3) is 2.87. The van der Waals surface area contributed by atoms with E-state index in [9.17, 15) is 15.2 Å². The normalized spacial score (nSPS) is 12.0. The number of hydrogen-bond donors (Lipinski definition) is 2. The van der Waals surface area contributed by atoms with Crippen LogP contribution in [-0.4, -0.2) is 32.2 Å². The van der Waals surface area contributed by atoms with Crippen molar-refractivity contribution >= 4 is 33.5 Å². The Kier molecular flexibility index (Phi) is 4.30. The second-order valence-electron chi connectivity index (χ2n) is 6.24. The highest BCUT2D eigenvalue weighted by Crippen LogP contribution is 2.23. The van der Waals surface area contributed by atoms with Crippen molar-refractivity contribution in [3.63, 3.8) is 0 Å². The van der Waals surface area contributed by atoms with E-state index in [0.717, 1.165) is 16.4 Å². The number of carbonyl (C=O) groups excluding carboxylic acids is 1. The molecule has 0 atom stereocenters. The number of aromatic nitrogens is 3. The highest BCUT2D eigenvalue weighted by Gasteiger charge is 2.19. The van der Waals surface area contributed by atoms with Gasteiger partial charge in [-0.1, -0.05) is 30.3 Å². The monoisotopic (exact) mass is 372 g/mol. The molecule has 0 aliphatic heterocycles. The molecule has 0 aliphatic rings. The molecule has 0 spiro atoms. The summed E-state index contributed by atoms with van der Waals surface area (Å²) in [5.41, 5.74) is 2.67. The molecule has 2 heterocycles. The second kappa shape index (κ2) is 6.93. The number of aromatic amines is 1. The minimum absolute atomic E-state index is 0.0366. The minimum Gasteiger partial charge on any atom is -0.507 e. The fraction of sp³-hybridized carbons (Fsp3) is 0.0952. The third-order valence-corrected chi connectivity index (χ3v) is 4.56. The molecule has 7 heteroatoms. The van der Waals surface area contributed by atoms with Crippen molar-refractivity contribution < 1.29 is 14.6 Å². The van der Waals surface area contributed by atoms with Crippen molar-refractivity contribution in [2.75, 3.05) is 6.61 Å². The number of imidazole rings is 1. The summed E-state index contributed by atoms with van der Waals surface area (Å²) >= 11 is 0. The maximum absolute atomic E-state index is 12.4. The number of ether oxygens (including phenoxy) is 1. The van der Waals surface area contributed by atoms with E-state index in [0.29, 0.717) is 16.9 Å². The van der Waals surface area contributed by atoms with Crippen LogP contribution in [0.1, 0.15) is 16.2 Å². The summed E-state index contributed by atoms with van der Waals surface area (Å²) in [7, 11) is 1.76. The predicted molar refractivity (Wildman–Crippen MR) is 104 cm³/mol. The van der Waals surface area contributed by atoms with Crippen LogP contribution in [0.25, 0.3) is 27.5 Å². The van der Waals surface area contributed by atoms with Crippen LogP contribution in [0.3, 0.4) is 0 Å². The lowest BCUT2D eigenvalue weighted by molar-refractivity contribution is 0.0505. The molecule has 0 saturated carbocycles. The van der Waals surface area contributed by atoms with Gasteiger partial charge in [0.2, 0.25) is 0 Å². The Bertz CT molecular complexity index is 1270. The molecule has 28 heavy (non-hydrogen) atoms. The molecule has 0 aliphatic carbocycles. The van der Waals surface area contributed by atoms with E-state index < -0.39 is 12.6 Å². The highest BCUT2D eigenvalue weighted by atomic mass is 16.5. The number of rotatable bonds is 4. The summed E-state index contributed by atoms with van der Waals surface area (Å²) in [5.74, 6) is -0.635. The first-order valence-corrected chi connectivity index (χ1v) is 8.57. The maximum atomic E-state index is 12.4. The van der Waals surface area contributed by atoms with Crippen molar-refractivity contribution in [2.24, 2.45) is 7.05 Å². The quantitative estimate of drug-likeness (QED) is 0.323. The van der Waals surface area contributed by atoms with Gasteiger partial charge in [-0.3, -0.25) is 0 Å². The average molecular weight is 372 g/mol. The Labute approximate surface area is 160 Å². The number of aliphatic hydroxyl groups is 1. The van der Waals surface area contributed by atoms with Gasteiger partial charge in [-0.05, 0) is 18.2 Å². The number of esters is 1.